The van der Waals surface area contributed by atoms with Gasteiger partial charge in [0.2, 0.25) is 5.91 Å². The number of carbonyl (C=O) groups excluding carboxylic acids is 2. The maximum Gasteiger partial charge on any atom is 0.325 e. The second kappa shape index (κ2) is 10.3. The summed E-state index contributed by atoms with van der Waals surface area (Å²) >= 11 is 0. The number of hydrogen-bond acceptors (Lipinski definition) is 3. The first-order chi connectivity index (χ1) is 13.0. The van der Waals surface area contributed by atoms with Crippen LogP contribution in [0.4, 0.5) is 10.5 Å². The Balaban J connectivity index is 1.78. The molecule has 0 saturated carbocycles. The molecule has 27 heavy (non-hydrogen) atoms. The number of amides is 3. The van der Waals surface area contributed by atoms with E-state index >= 15 is 0 Å². The van der Waals surface area contributed by atoms with Crippen LogP contribution in [0.2, 0.25) is 0 Å². The third kappa shape index (κ3) is 5.96. The van der Waals surface area contributed by atoms with Crippen molar-refractivity contribution >= 4 is 17.6 Å². The SMILES string of the molecule is CCN(CC)CCCNC(=O)CN1CCN(c2ccc(C(C)C)cc2)C1=O. The number of carbonyl (C=O) groups is 2. The highest BCUT2D eigenvalue weighted by Gasteiger charge is 2.30. The van der Waals surface area contributed by atoms with Crippen molar-refractivity contribution in [3.63, 3.8) is 0 Å². The van der Waals surface area contributed by atoms with Crippen molar-refractivity contribution in [2.24, 2.45) is 0 Å². The van der Waals surface area contributed by atoms with E-state index < -0.39 is 0 Å². The largest absolute Gasteiger partial charge is 0.355 e. The van der Waals surface area contributed by atoms with Gasteiger partial charge in [0.05, 0.1) is 0 Å². The van der Waals surface area contributed by atoms with E-state index in [9.17, 15) is 9.59 Å². The minimum atomic E-state index is -0.0920. The van der Waals surface area contributed by atoms with Gasteiger partial charge in [-0.15, -0.1) is 0 Å². The van der Waals surface area contributed by atoms with Gasteiger partial charge in [-0.3, -0.25) is 9.69 Å². The van der Waals surface area contributed by atoms with Crippen LogP contribution in [-0.4, -0.2) is 67.6 Å². The van der Waals surface area contributed by atoms with Gasteiger partial charge < -0.3 is 15.1 Å². The molecule has 150 valence electrons. The van der Waals surface area contributed by atoms with Crippen LogP contribution in [0.25, 0.3) is 0 Å². The molecule has 6 nitrogen and oxygen atoms in total. The van der Waals surface area contributed by atoms with Crippen molar-refractivity contribution in [2.75, 3.05) is 50.7 Å². The van der Waals surface area contributed by atoms with Crippen LogP contribution in [-0.2, 0) is 4.79 Å². The van der Waals surface area contributed by atoms with Crippen LogP contribution < -0.4 is 10.2 Å². The number of nitrogens with zero attached hydrogens (tertiary/aromatic N) is 3. The summed E-state index contributed by atoms with van der Waals surface area (Å²) in [7, 11) is 0. The van der Waals surface area contributed by atoms with E-state index in [1.807, 2.05) is 12.1 Å². The molecule has 0 aliphatic carbocycles. The van der Waals surface area contributed by atoms with E-state index in [4.69, 9.17) is 0 Å². The van der Waals surface area contributed by atoms with Crippen molar-refractivity contribution in [1.29, 1.82) is 0 Å². The quantitative estimate of drug-likeness (QED) is 0.641. The molecule has 0 radical (unpaired) electrons. The highest BCUT2D eigenvalue weighted by Crippen LogP contribution is 2.23. The van der Waals surface area contributed by atoms with Crippen LogP contribution in [0.15, 0.2) is 24.3 Å². The maximum absolute atomic E-state index is 12.6. The average Bonchev–Trinajstić information content (AvgIpc) is 3.02. The third-order valence-corrected chi connectivity index (χ3v) is 5.17. The smallest absolute Gasteiger partial charge is 0.325 e. The van der Waals surface area contributed by atoms with Crippen molar-refractivity contribution in [1.82, 2.24) is 15.1 Å². The van der Waals surface area contributed by atoms with Crippen LogP contribution in [0.5, 0.6) is 0 Å². The molecule has 1 fully saturated rings. The van der Waals surface area contributed by atoms with Gasteiger partial charge in [0.15, 0.2) is 0 Å². The molecule has 1 aliphatic heterocycles. The minimum absolute atomic E-state index is 0.0834. The van der Waals surface area contributed by atoms with Crippen LogP contribution in [0.1, 0.15) is 45.6 Å². The molecule has 1 aliphatic rings. The zero-order chi connectivity index (χ0) is 19.8. The fourth-order valence-corrected chi connectivity index (χ4v) is 3.31. The molecule has 1 saturated heterocycles. The van der Waals surface area contributed by atoms with E-state index in [1.165, 1.54) is 5.56 Å². The van der Waals surface area contributed by atoms with E-state index in [1.54, 1.807) is 9.80 Å². The summed E-state index contributed by atoms with van der Waals surface area (Å²) in [5, 5.41) is 2.93. The Morgan fingerprint density at radius 2 is 1.81 bits per heavy atom. The first kappa shape index (κ1) is 21.2. The Hall–Kier alpha value is -2.08. The zero-order valence-electron chi connectivity index (χ0n) is 17.2. The molecule has 1 N–H and O–H groups in total. The third-order valence-electron chi connectivity index (χ3n) is 5.17. The average molecular weight is 375 g/mol. The lowest BCUT2D eigenvalue weighted by atomic mass is 10.0. The maximum atomic E-state index is 12.6. The summed E-state index contributed by atoms with van der Waals surface area (Å²) < 4.78 is 0. The molecule has 1 heterocycles. The molecule has 1 aromatic carbocycles. The number of urea groups is 1. The van der Waals surface area contributed by atoms with Crippen LogP contribution >= 0.6 is 0 Å². The topological polar surface area (TPSA) is 55.9 Å². The van der Waals surface area contributed by atoms with Gasteiger partial charge in [-0.1, -0.05) is 39.8 Å². The Bertz CT molecular complexity index is 611. The normalized spacial score (nSPS) is 14.5. The van der Waals surface area contributed by atoms with Crippen LogP contribution in [0, 0.1) is 0 Å². The van der Waals surface area contributed by atoms with Crippen LogP contribution in [0.3, 0.4) is 0 Å². The van der Waals surface area contributed by atoms with Crippen molar-refractivity contribution in [2.45, 2.75) is 40.0 Å². The lowest BCUT2D eigenvalue weighted by Gasteiger charge is -2.20. The highest BCUT2D eigenvalue weighted by molar-refractivity contribution is 5.96. The molecular formula is C21H34N4O2. The Morgan fingerprint density at radius 1 is 1.15 bits per heavy atom. The molecule has 1 aromatic rings. The van der Waals surface area contributed by atoms with Gasteiger partial charge in [0.25, 0.3) is 0 Å². The highest BCUT2D eigenvalue weighted by atomic mass is 16.2. The first-order valence-corrected chi connectivity index (χ1v) is 10.1. The van der Waals surface area contributed by atoms with Gasteiger partial charge in [-0.2, -0.15) is 0 Å². The van der Waals surface area contributed by atoms with Gasteiger partial charge >= 0.3 is 6.03 Å². The lowest BCUT2D eigenvalue weighted by Crippen LogP contribution is -2.40. The van der Waals surface area contributed by atoms with Crippen molar-refractivity contribution in [3.05, 3.63) is 29.8 Å². The minimum Gasteiger partial charge on any atom is -0.355 e. The number of rotatable bonds is 10. The summed E-state index contributed by atoms with van der Waals surface area (Å²) in [4.78, 5) is 30.5. The summed E-state index contributed by atoms with van der Waals surface area (Å²) in [5.74, 6) is 0.384. The van der Waals surface area contributed by atoms with Gasteiger partial charge in [-0.05, 0) is 49.7 Å². The Labute approximate surface area is 163 Å². The molecule has 0 unspecified atom stereocenters. The monoisotopic (exact) mass is 374 g/mol. The van der Waals surface area contributed by atoms with Gasteiger partial charge in [0.1, 0.15) is 6.54 Å². The van der Waals surface area contributed by atoms with E-state index in [0.29, 0.717) is 25.6 Å². The molecular weight excluding hydrogens is 340 g/mol. The summed E-state index contributed by atoms with van der Waals surface area (Å²) in [5.41, 5.74) is 2.15. The second-order valence-corrected chi connectivity index (χ2v) is 7.33. The zero-order valence-corrected chi connectivity index (χ0v) is 17.2. The first-order valence-electron chi connectivity index (χ1n) is 10.1. The van der Waals surface area contributed by atoms with E-state index in [0.717, 1.165) is 31.7 Å². The van der Waals surface area contributed by atoms with Crippen molar-refractivity contribution < 1.29 is 9.59 Å². The molecule has 0 spiro atoms. The molecule has 0 atom stereocenters. The summed E-state index contributed by atoms with van der Waals surface area (Å²) in [6.07, 6.45) is 0.926. The number of anilines is 1. The molecule has 0 bridgehead atoms. The molecule has 2 rings (SSSR count). The second-order valence-electron chi connectivity index (χ2n) is 7.33. The molecule has 3 amide bonds. The van der Waals surface area contributed by atoms with Gasteiger partial charge in [-0.25, -0.2) is 4.79 Å². The summed E-state index contributed by atoms with van der Waals surface area (Å²) in [6, 6.07) is 8.02. The van der Waals surface area contributed by atoms with Gasteiger partial charge in [0, 0.05) is 25.3 Å². The molecule has 6 heteroatoms. The van der Waals surface area contributed by atoms with E-state index in [-0.39, 0.29) is 18.5 Å². The predicted octanol–water partition coefficient (Wildman–Crippen LogP) is 2.90. The lowest BCUT2D eigenvalue weighted by molar-refractivity contribution is -0.121. The predicted molar refractivity (Wildman–Crippen MR) is 110 cm³/mol. The Kier molecular flexibility index (Phi) is 8.10. The standard InChI is InChI=1S/C21H34N4O2/c1-5-23(6-2)13-7-12-22-20(26)16-24-14-15-25(21(24)27)19-10-8-18(9-11-19)17(3)4/h8-11,17H,5-7,12-16H2,1-4H3,(H,22,26). The number of benzene rings is 1. The fourth-order valence-electron chi connectivity index (χ4n) is 3.31. The number of nitrogens with one attached hydrogen (secondary N) is 1. The van der Waals surface area contributed by atoms with Crippen molar-refractivity contribution in [3.8, 4) is 0 Å². The molecule has 0 aromatic heterocycles. The fraction of sp³-hybridized carbons (Fsp3) is 0.619. The Morgan fingerprint density at radius 3 is 2.41 bits per heavy atom. The summed E-state index contributed by atoms with van der Waals surface area (Å²) in [6.45, 7) is 13.6. The number of hydrogen-bond donors (Lipinski definition) is 1. The van der Waals surface area contributed by atoms with E-state index in [2.05, 4.69) is 50.0 Å².